The molecule has 0 radical (unpaired) electrons. The van der Waals surface area contributed by atoms with Gasteiger partial charge in [-0.3, -0.25) is 4.79 Å². The van der Waals surface area contributed by atoms with Crippen LogP contribution >= 0.6 is 0 Å². The Hall–Kier alpha value is -0.880. The van der Waals surface area contributed by atoms with Crippen LogP contribution in [0.4, 0.5) is 0 Å². The first-order chi connectivity index (χ1) is 3.31. The first kappa shape index (κ1) is 6.12. The summed E-state index contributed by atoms with van der Waals surface area (Å²) in [5.74, 6) is 1.97. The van der Waals surface area contributed by atoms with Crippen LogP contribution in [0, 0.1) is 0 Å². The van der Waals surface area contributed by atoms with Crippen LogP contribution in [-0.2, 0) is 4.79 Å². The maximum atomic E-state index is 10.1. The molecular formula is C5H7NO. The molecule has 0 aliphatic rings. The van der Waals surface area contributed by atoms with Crippen LogP contribution in [0.1, 0.15) is 13.3 Å². The van der Waals surface area contributed by atoms with Gasteiger partial charge in [0.2, 0.25) is 0 Å². The van der Waals surface area contributed by atoms with E-state index >= 15 is 0 Å². The molecule has 0 aliphatic heterocycles. The molecule has 0 bridgehead atoms. The van der Waals surface area contributed by atoms with Crippen molar-refractivity contribution in [3.8, 4) is 0 Å². The molecule has 0 aliphatic carbocycles. The van der Waals surface area contributed by atoms with Crippen LogP contribution in [0.2, 0.25) is 0 Å². The summed E-state index contributed by atoms with van der Waals surface area (Å²) in [6, 6.07) is 0. The molecule has 2 heteroatoms. The predicted molar refractivity (Wildman–Crippen MR) is 28.4 cm³/mol. The van der Waals surface area contributed by atoms with Crippen molar-refractivity contribution in [1.29, 1.82) is 0 Å². The molecule has 0 spiro atoms. The maximum Gasteiger partial charge on any atom is 0.253 e. The first-order valence-electron chi connectivity index (χ1n) is 2.07. The minimum absolute atomic E-state index is 0.171. The van der Waals surface area contributed by atoms with Crippen LogP contribution in [0.15, 0.2) is 11.6 Å². The second-order valence-corrected chi connectivity index (χ2v) is 1.02. The molecule has 0 saturated carbocycles. The fourth-order valence-corrected chi connectivity index (χ4v) is 0.167. The van der Waals surface area contributed by atoms with Crippen molar-refractivity contribution in [2.75, 3.05) is 0 Å². The Morgan fingerprint density at radius 2 is 2.57 bits per heavy atom. The highest BCUT2D eigenvalue weighted by molar-refractivity contribution is 5.82. The number of aliphatic imine (C=N–C) groups is 1. The number of amides is 1. The summed E-state index contributed by atoms with van der Waals surface area (Å²) in [6.07, 6.45) is 0.433. The van der Waals surface area contributed by atoms with E-state index in [1.54, 1.807) is 6.92 Å². The van der Waals surface area contributed by atoms with E-state index in [0.29, 0.717) is 6.42 Å². The fourth-order valence-electron chi connectivity index (χ4n) is 0.167. The Labute approximate surface area is 42.6 Å². The number of hydrogen-bond acceptors (Lipinski definition) is 1. The van der Waals surface area contributed by atoms with Crippen molar-refractivity contribution >= 4 is 11.8 Å². The van der Waals surface area contributed by atoms with E-state index in [1.807, 2.05) is 0 Å². The average molecular weight is 97.1 g/mol. The number of nitrogens with zero attached hydrogens (tertiary/aromatic N) is 1. The molecule has 0 N–H and O–H groups in total. The van der Waals surface area contributed by atoms with Crippen LogP contribution in [-0.4, -0.2) is 11.8 Å². The van der Waals surface area contributed by atoms with Gasteiger partial charge in [0.25, 0.3) is 5.91 Å². The molecule has 0 aromatic rings. The van der Waals surface area contributed by atoms with E-state index in [4.69, 9.17) is 0 Å². The van der Waals surface area contributed by atoms with Gasteiger partial charge in [-0.15, -0.1) is 0 Å². The van der Waals surface area contributed by atoms with E-state index in [0.717, 1.165) is 0 Å². The summed E-state index contributed by atoms with van der Waals surface area (Å²) < 4.78 is 0. The molecule has 0 aromatic heterocycles. The van der Waals surface area contributed by atoms with E-state index in [9.17, 15) is 4.79 Å². The van der Waals surface area contributed by atoms with Gasteiger partial charge in [0.15, 0.2) is 0 Å². The van der Waals surface area contributed by atoms with Crippen molar-refractivity contribution < 1.29 is 4.79 Å². The van der Waals surface area contributed by atoms with Crippen molar-refractivity contribution in [3.63, 3.8) is 0 Å². The molecule has 0 unspecified atom stereocenters. The van der Waals surface area contributed by atoms with Crippen LogP contribution < -0.4 is 0 Å². The summed E-state index contributed by atoms with van der Waals surface area (Å²) >= 11 is 0. The minimum Gasteiger partial charge on any atom is -0.272 e. The highest BCUT2D eigenvalue weighted by Gasteiger charge is 1.85. The minimum atomic E-state index is -0.171. The zero-order valence-electron chi connectivity index (χ0n) is 4.27. The molecule has 2 nitrogen and oxygen atoms in total. The number of carbonyl (C=O) groups is 1. The summed E-state index contributed by atoms with van der Waals surface area (Å²) in [5, 5.41) is 0. The Morgan fingerprint density at radius 1 is 2.00 bits per heavy atom. The van der Waals surface area contributed by atoms with Gasteiger partial charge in [0.05, 0.1) is 0 Å². The first-order valence-corrected chi connectivity index (χ1v) is 2.07. The standard InChI is InChI=1S/C5H7NO/c1-3-5(7)6-4-2/h2-3H2,1H3. The lowest BCUT2D eigenvalue weighted by Gasteiger charge is -1.75. The van der Waals surface area contributed by atoms with Gasteiger partial charge in [-0.2, -0.15) is 4.99 Å². The van der Waals surface area contributed by atoms with E-state index in [2.05, 4.69) is 17.4 Å². The smallest absolute Gasteiger partial charge is 0.253 e. The van der Waals surface area contributed by atoms with Gasteiger partial charge in [0.1, 0.15) is 0 Å². The van der Waals surface area contributed by atoms with Gasteiger partial charge >= 0.3 is 0 Å². The topological polar surface area (TPSA) is 29.4 Å². The SMILES string of the molecule is C=C=NC(=O)CC. The third-order valence-electron chi connectivity index (χ3n) is 0.506. The second kappa shape index (κ2) is 3.32. The lowest BCUT2D eigenvalue weighted by Crippen LogP contribution is -1.85. The normalized spacial score (nSPS) is 7.00. The molecule has 0 heterocycles. The van der Waals surface area contributed by atoms with Gasteiger partial charge < -0.3 is 0 Å². The molecule has 0 atom stereocenters. The van der Waals surface area contributed by atoms with Gasteiger partial charge in [-0.1, -0.05) is 6.92 Å². The summed E-state index contributed by atoms with van der Waals surface area (Å²) in [6.45, 7) is 4.88. The molecule has 0 saturated heterocycles. The largest absolute Gasteiger partial charge is 0.272 e. The van der Waals surface area contributed by atoms with E-state index in [1.165, 1.54) is 0 Å². The van der Waals surface area contributed by atoms with Crippen LogP contribution in [0.5, 0.6) is 0 Å². The predicted octanol–water partition coefficient (Wildman–Crippen LogP) is 0.779. The number of hydrogen-bond donors (Lipinski definition) is 0. The lowest BCUT2D eigenvalue weighted by molar-refractivity contribution is -0.117. The second-order valence-electron chi connectivity index (χ2n) is 1.02. The van der Waals surface area contributed by atoms with Crippen LogP contribution in [0.25, 0.3) is 0 Å². The quantitative estimate of drug-likeness (QED) is 0.444. The molecule has 38 valence electrons. The monoisotopic (exact) mass is 97.1 g/mol. The van der Waals surface area contributed by atoms with E-state index in [-0.39, 0.29) is 5.91 Å². The zero-order chi connectivity index (χ0) is 5.70. The van der Waals surface area contributed by atoms with Crippen molar-refractivity contribution in [2.24, 2.45) is 4.99 Å². The fraction of sp³-hybridized carbons (Fsp3) is 0.400. The third kappa shape index (κ3) is 2.94. The highest BCUT2D eigenvalue weighted by atomic mass is 16.1. The maximum absolute atomic E-state index is 10.1. The average Bonchev–Trinajstić information content (AvgIpc) is 1.68. The lowest BCUT2D eigenvalue weighted by atomic mass is 10.5. The van der Waals surface area contributed by atoms with Crippen molar-refractivity contribution in [1.82, 2.24) is 0 Å². The Morgan fingerprint density at radius 3 is 2.71 bits per heavy atom. The molecule has 0 fully saturated rings. The van der Waals surface area contributed by atoms with Crippen molar-refractivity contribution in [2.45, 2.75) is 13.3 Å². The van der Waals surface area contributed by atoms with Crippen molar-refractivity contribution in [3.05, 3.63) is 6.58 Å². The van der Waals surface area contributed by atoms with E-state index < -0.39 is 0 Å². The van der Waals surface area contributed by atoms with Crippen LogP contribution in [0.3, 0.4) is 0 Å². The number of carbonyl (C=O) groups excluding carboxylic acids is 1. The van der Waals surface area contributed by atoms with Gasteiger partial charge in [-0.25, -0.2) is 0 Å². The Balaban J connectivity index is 3.58. The van der Waals surface area contributed by atoms with Gasteiger partial charge in [0, 0.05) is 6.42 Å². The summed E-state index contributed by atoms with van der Waals surface area (Å²) in [7, 11) is 0. The summed E-state index contributed by atoms with van der Waals surface area (Å²) in [4.78, 5) is 13.4. The third-order valence-corrected chi connectivity index (χ3v) is 0.506. The molecule has 7 heavy (non-hydrogen) atoms. The Bertz CT molecular complexity index is 111. The molecule has 0 rings (SSSR count). The summed E-state index contributed by atoms with van der Waals surface area (Å²) in [5.41, 5.74) is 0. The Kier molecular flexibility index (Phi) is 2.90. The molecule has 0 aromatic carbocycles. The zero-order valence-corrected chi connectivity index (χ0v) is 4.27. The number of rotatable bonds is 1. The van der Waals surface area contributed by atoms with Gasteiger partial charge in [-0.05, 0) is 12.4 Å². The molecular weight excluding hydrogens is 90.1 g/mol. The molecule has 1 amide bonds. The highest BCUT2D eigenvalue weighted by Crippen LogP contribution is 1.76.